The van der Waals surface area contributed by atoms with Gasteiger partial charge in [-0.25, -0.2) is 0 Å². The topological polar surface area (TPSA) is 49.8 Å². The lowest BCUT2D eigenvalue weighted by Crippen LogP contribution is -2.29. The summed E-state index contributed by atoms with van der Waals surface area (Å²) in [6, 6.07) is 5.64. The summed E-state index contributed by atoms with van der Waals surface area (Å²) in [4.78, 5) is 13.7. The molecule has 4 nitrogen and oxygen atoms in total. The van der Waals surface area contributed by atoms with E-state index in [0.717, 1.165) is 30.0 Å². The zero-order valence-electron chi connectivity index (χ0n) is 11.6. The van der Waals surface area contributed by atoms with Crippen LogP contribution in [0.25, 0.3) is 0 Å². The Hall–Kier alpha value is -1.55. The van der Waals surface area contributed by atoms with Gasteiger partial charge in [0.25, 0.3) is 0 Å². The first kappa shape index (κ1) is 13.9. The highest BCUT2D eigenvalue weighted by atomic mass is 16.5. The van der Waals surface area contributed by atoms with Gasteiger partial charge in [-0.05, 0) is 50.0 Å². The highest BCUT2D eigenvalue weighted by Gasteiger charge is 2.25. The molecule has 0 amide bonds. The van der Waals surface area contributed by atoms with Crippen LogP contribution in [0.4, 0.5) is 0 Å². The Balaban J connectivity index is 2.18. The lowest BCUT2D eigenvalue weighted by atomic mass is 9.96. The number of aryl methyl sites for hydroxylation is 1. The maximum Gasteiger partial charge on any atom is 0.312 e. The molecule has 4 heteroatoms. The van der Waals surface area contributed by atoms with Gasteiger partial charge in [0.15, 0.2) is 0 Å². The fourth-order valence-electron chi connectivity index (χ4n) is 2.67. The van der Waals surface area contributed by atoms with Crippen LogP contribution in [0.3, 0.4) is 0 Å². The fraction of sp³-hybridized carbons (Fsp3) is 0.533. The molecular weight excluding hydrogens is 242 g/mol. The Bertz CT molecular complexity index is 453. The van der Waals surface area contributed by atoms with Gasteiger partial charge < -0.3 is 14.7 Å². The monoisotopic (exact) mass is 263 g/mol. The number of ether oxygens (including phenoxy) is 1. The molecule has 19 heavy (non-hydrogen) atoms. The molecular formula is C15H21NO3. The first-order valence-corrected chi connectivity index (χ1v) is 6.71. The number of hydrogen-bond donors (Lipinski definition) is 1. The van der Waals surface area contributed by atoms with Crippen molar-refractivity contribution in [1.29, 1.82) is 0 Å². The molecule has 1 aromatic carbocycles. The van der Waals surface area contributed by atoms with Gasteiger partial charge in [0.1, 0.15) is 5.75 Å². The largest absolute Gasteiger partial charge is 0.496 e. The van der Waals surface area contributed by atoms with E-state index in [-0.39, 0.29) is 0 Å². The summed E-state index contributed by atoms with van der Waals surface area (Å²) in [5, 5.41) is 9.45. The van der Waals surface area contributed by atoms with Crippen molar-refractivity contribution in [3.63, 3.8) is 0 Å². The van der Waals surface area contributed by atoms with Gasteiger partial charge in [-0.1, -0.05) is 12.1 Å². The first-order valence-electron chi connectivity index (χ1n) is 6.71. The lowest BCUT2D eigenvalue weighted by molar-refractivity contribution is -0.139. The second-order valence-corrected chi connectivity index (χ2v) is 5.13. The Morgan fingerprint density at radius 2 is 2.11 bits per heavy atom. The van der Waals surface area contributed by atoms with Crippen LogP contribution in [-0.4, -0.2) is 42.7 Å². The Morgan fingerprint density at radius 3 is 2.63 bits per heavy atom. The molecule has 1 aromatic rings. The molecule has 0 aliphatic carbocycles. The van der Waals surface area contributed by atoms with Gasteiger partial charge in [-0.2, -0.15) is 0 Å². The van der Waals surface area contributed by atoms with Crippen LogP contribution >= 0.6 is 0 Å². The summed E-state index contributed by atoms with van der Waals surface area (Å²) >= 11 is 0. The number of rotatable bonds is 5. The Labute approximate surface area is 114 Å². The summed E-state index contributed by atoms with van der Waals surface area (Å²) in [6.45, 7) is 4.57. The van der Waals surface area contributed by atoms with Crippen molar-refractivity contribution in [3.05, 3.63) is 29.3 Å². The summed E-state index contributed by atoms with van der Waals surface area (Å²) in [7, 11) is 1.63. The van der Waals surface area contributed by atoms with E-state index in [1.165, 1.54) is 12.8 Å². The minimum Gasteiger partial charge on any atom is -0.496 e. The van der Waals surface area contributed by atoms with Crippen molar-refractivity contribution < 1.29 is 14.6 Å². The molecule has 0 saturated carbocycles. The molecule has 1 aliphatic heterocycles. The van der Waals surface area contributed by atoms with E-state index >= 15 is 0 Å². The second kappa shape index (κ2) is 6.06. The standard InChI is InChI=1S/C15H21NO3/c1-11-9-12(5-6-14(11)19-2)13(15(17)18)10-16-7-3-4-8-16/h5-6,9,13H,3-4,7-8,10H2,1-2H3,(H,17,18). The molecule has 1 atom stereocenters. The predicted octanol–water partition coefficient (Wildman–Crippen LogP) is 2.27. The van der Waals surface area contributed by atoms with Crippen molar-refractivity contribution in [2.75, 3.05) is 26.7 Å². The van der Waals surface area contributed by atoms with E-state index in [9.17, 15) is 9.90 Å². The van der Waals surface area contributed by atoms with Crippen molar-refractivity contribution >= 4 is 5.97 Å². The first-order chi connectivity index (χ1) is 9.11. The van der Waals surface area contributed by atoms with E-state index in [4.69, 9.17) is 4.74 Å². The van der Waals surface area contributed by atoms with Crippen molar-refractivity contribution in [1.82, 2.24) is 4.90 Å². The number of methoxy groups -OCH3 is 1. The van der Waals surface area contributed by atoms with Crippen LogP contribution in [0.5, 0.6) is 5.75 Å². The van der Waals surface area contributed by atoms with Crippen LogP contribution in [0.2, 0.25) is 0 Å². The maximum atomic E-state index is 11.5. The van der Waals surface area contributed by atoms with Gasteiger partial charge in [0, 0.05) is 6.54 Å². The number of nitrogens with zero attached hydrogens (tertiary/aromatic N) is 1. The minimum atomic E-state index is -0.753. The van der Waals surface area contributed by atoms with E-state index in [2.05, 4.69) is 4.90 Å². The van der Waals surface area contributed by atoms with Crippen LogP contribution in [0.1, 0.15) is 29.9 Å². The number of carboxylic acid groups (broad SMARTS) is 1. The lowest BCUT2D eigenvalue weighted by Gasteiger charge is -2.21. The zero-order valence-corrected chi connectivity index (χ0v) is 11.6. The average molecular weight is 263 g/mol. The van der Waals surface area contributed by atoms with Crippen molar-refractivity contribution in [3.8, 4) is 5.75 Å². The Kier molecular flexibility index (Phi) is 4.43. The highest BCUT2D eigenvalue weighted by Crippen LogP contribution is 2.25. The van der Waals surface area contributed by atoms with E-state index < -0.39 is 11.9 Å². The number of benzene rings is 1. The molecule has 0 aromatic heterocycles. The SMILES string of the molecule is COc1ccc(C(CN2CCCC2)C(=O)O)cc1C. The molecule has 0 bridgehead atoms. The average Bonchev–Trinajstić information content (AvgIpc) is 2.88. The molecule has 2 rings (SSSR count). The number of likely N-dealkylation sites (tertiary alicyclic amines) is 1. The quantitative estimate of drug-likeness (QED) is 0.885. The third-order valence-corrected chi connectivity index (χ3v) is 3.76. The van der Waals surface area contributed by atoms with Gasteiger partial charge >= 0.3 is 5.97 Å². The predicted molar refractivity (Wildman–Crippen MR) is 73.8 cm³/mol. The smallest absolute Gasteiger partial charge is 0.312 e. The Morgan fingerprint density at radius 1 is 1.42 bits per heavy atom. The van der Waals surface area contributed by atoms with E-state index in [1.54, 1.807) is 7.11 Å². The zero-order chi connectivity index (χ0) is 13.8. The maximum absolute atomic E-state index is 11.5. The van der Waals surface area contributed by atoms with Crippen molar-refractivity contribution in [2.24, 2.45) is 0 Å². The summed E-state index contributed by atoms with van der Waals surface area (Å²) in [5.74, 6) is -0.409. The van der Waals surface area contributed by atoms with Gasteiger partial charge in [0.05, 0.1) is 13.0 Å². The van der Waals surface area contributed by atoms with Crippen LogP contribution in [0, 0.1) is 6.92 Å². The molecule has 1 N–H and O–H groups in total. The fourth-order valence-corrected chi connectivity index (χ4v) is 2.67. The van der Waals surface area contributed by atoms with Gasteiger partial charge in [0.2, 0.25) is 0 Å². The van der Waals surface area contributed by atoms with Gasteiger partial charge in [-0.15, -0.1) is 0 Å². The van der Waals surface area contributed by atoms with Crippen LogP contribution in [0.15, 0.2) is 18.2 Å². The number of aliphatic carboxylic acids is 1. The summed E-state index contributed by atoms with van der Waals surface area (Å²) < 4.78 is 5.22. The van der Waals surface area contributed by atoms with E-state index in [1.807, 2.05) is 25.1 Å². The molecule has 0 spiro atoms. The summed E-state index contributed by atoms with van der Waals surface area (Å²) in [6.07, 6.45) is 2.35. The molecule has 1 heterocycles. The molecule has 1 aliphatic rings. The van der Waals surface area contributed by atoms with Crippen LogP contribution in [-0.2, 0) is 4.79 Å². The third kappa shape index (κ3) is 3.26. The molecule has 0 radical (unpaired) electrons. The minimum absolute atomic E-state index is 0.456. The molecule has 1 unspecified atom stereocenters. The second-order valence-electron chi connectivity index (χ2n) is 5.13. The molecule has 104 valence electrons. The molecule has 1 fully saturated rings. The highest BCUT2D eigenvalue weighted by molar-refractivity contribution is 5.76. The van der Waals surface area contributed by atoms with Gasteiger partial charge in [-0.3, -0.25) is 4.79 Å². The number of carboxylic acids is 1. The van der Waals surface area contributed by atoms with E-state index in [0.29, 0.717) is 6.54 Å². The molecule has 1 saturated heterocycles. The number of carbonyl (C=O) groups is 1. The van der Waals surface area contributed by atoms with Crippen LogP contribution < -0.4 is 4.74 Å². The number of hydrogen-bond acceptors (Lipinski definition) is 3. The van der Waals surface area contributed by atoms with Crippen molar-refractivity contribution in [2.45, 2.75) is 25.7 Å². The summed E-state index contributed by atoms with van der Waals surface area (Å²) in [5.41, 5.74) is 1.84. The normalized spacial score (nSPS) is 17.4. The third-order valence-electron chi connectivity index (χ3n) is 3.76.